The summed E-state index contributed by atoms with van der Waals surface area (Å²) in [5, 5.41) is 33.7. The maximum Gasteiger partial charge on any atom is 0.475 e. The van der Waals surface area contributed by atoms with Crippen LogP contribution in [0.25, 0.3) is 0 Å². The molecule has 7 N–H and O–H groups in total. The summed E-state index contributed by atoms with van der Waals surface area (Å²) in [5.41, 5.74) is 7.15. The van der Waals surface area contributed by atoms with Gasteiger partial charge in [0.25, 0.3) is 11.9 Å². The molecule has 13 nitrogen and oxygen atoms in total. The number of nitrogens with two attached hydrogens (primary N) is 1. The Kier molecular flexibility index (Phi) is 10.9. The van der Waals surface area contributed by atoms with Crippen molar-refractivity contribution in [2.45, 2.75) is 45.1 Å². The van der Waals surface area contributed by atoms with Crippen LogP contribution in [0.3, 0.4) is 0 Å². The van der Waals surface area contributed by atoms with Gasteiger partial charge in [0, 0.05) is 12.7 Å². The van der Waals surface area contributed by atoms with Crippen LogP contribution >= 0.6 is 0 Å². The number of aromatic nitrogens is 1. The van der Waals surface area contributed by atoms with Crippen molar-refractivity contribution in [1.82, 2.24) is 21.0 Å². The van der Waals surface area contributed by atoms with Crippen LogP contribution in [0.15, 0.2) is 29.4 Å². The van der Waals surface area contributed by atoms with E-state index in [4.69, 9.17) is 5.73 Å². The molecular weight excluding hydrogens is 409 g/mol. The highest BCUT2D eigenvalue weighted by Crippen LogP contribution is 2.08. The van der Waals surface area contributed by atoms with E-state index in [0.717, 1.165) is 0 Å². The molecule has 1 aromatic rings. The van der Waals surface area contributed by atoms with Gasteiger partial charge in [-0.2, -0.15) is 0 Å². The van der Waals surface area contributed by atoms with Crippen LogP contribution in [0.5, 0.6) is 0 Å². The van der Waals surface area contributed by atoms with Crippen molar-refractivity contribution in [1.29, 1.82) is 0 Å². The summed E-state index contributed by atoms with van der Waals surface area (Å²) in [6.45, 7) is 3.79. The Bertz CT molecular complexity index is 763. The first-order valence-corrected chi connectivity index (χ1v) is 9.69. The lowest BCUT2D eigenvalue weighted by molar-refractivity contribution is -0.525. The van der Waals surface area contributed by atoms with Gasteiger partial charge in [-0.3, -0.25) is 14.6 Å². The third-order valence-corrected chi connectivity index (χ3v) is 4.07. The van der Waals surface area contributed by atoms with E-state index in [1.54, 1.807) is 17.6 Å². The van der Waals surface area contributed by atoms with E-state index in [2.05, 4.69) is 20.6 Å². The van der Waals surface area contributed by atoms with Gasteiger partial charge < -0.3 is 26.4 Å². The monoisotopic (exact) mass is 437 g/mol. The number of aliphatic imine (C=N–C) groups is 1. The van der Waals surface area contributed by atoms with Crippen molar-refractivity contribution in [3.63, 3.8) is 0 Å². The van der Waals surface area contributed by atoms with Gasteiger partial charge in [0.1, 0.15) is 11.7 Å². The minimum atomic E-state index is -1.77. The highest BCUT2D eigenvalue weighted by molar-refractivity contribution is 6.43. The molecule has 0 aliphatic rings. The summed E-state index contributed by atoms with van der Waals surface area (Å²) in [5.74, 6) is -2.41. The predicted octanol–water partition coefficient (Wildman–Crippen LogP) is -1.40. The molecule has 0 aromatic carbocycles. The maximum absolute atomic E-state index is 12.7. The molecule has 0 unspecified atom stereocenters. The molecule has 0 saturated carbocycles. The fourth-order valence-electron chi connectivity index (χ4n) is 2.67. The van der Waals surface area contributed by atoms with E-state index >= 15 is 0 Å². The molecule has 0 aliphatic heterocycles. The number of hydrogen-bond donors (Lipinski definition) is 6. The fraction of sp³-hybridized carbons (Fsp3) is 0.529. The van der Waals surface area contributed by atoms with E-state index in [1.807, 2.05) is 13.8 Å². The van der Waals surface area contributed by atoms with Crippen LogP contribution < -0.4 is 21.8 Å². The van der Waals surface area contributed by atoms with Crippen molar-refractivity contribution < 1.29 is 24.7 Å². The smallest absolute Gasteiger partial charge is 0.426 e. The van der Waals surface area contributed by atoms with Crippen molar-refractivity contribution in [2.24, 2.45) is 16.6 Å². The Balaban J connectivity index is 2.84. The van der Waals surface area contributed by atoms with Crippen LogP contribution in [0.1, 0.15) is 43.6 Å². The molecule has 0 aliphatic carbocycles. The van der Waals surface area contributed by atoms with Crippen LogP contribution in [0, 0.1) is 16.0 Å². The Morgan fingerprint density at radius 1 is 1.32 bits per heavy atom. The first-order valence-electron chi connectivity index (χ1n) is 9.69. The molecule has 31 heavy (non-hydrogen) atoms. The number of nitro groups is 1. The summed E-state index contributed by atoms with van der Waals surface area (Å²) in [7, 11) is -1.77. The second-order valence-electron chi connectivity index (χ2n) is 7.18. The summed E-state index contributed by atoms with van der Waals surface area (Å²) in [6.07, 6.45) is 2.13. The molecule has 2 atom stereocenters. The lowest BCUT2D eigenvalue weighted by Crippen LogP contribution is -2.54. The minimum absolute atomic E-state index is 0.0635. The molecule has 0 saturated heterocycles. The first kappa shape index (κ1) is 25.8. The second-order valence-corrected chi connectivity index (χ2v) is 7.18. The lowest BCUT2D eigenvalue weighted by Gasteiger charge is -2.24. The van der Waals surface area contributed by atoms with Gasteiger partial charge in [-0.15, -0.1) is 0 Å². The lowest BCUT2D eigenvalue weighted by atomic mass is 9.75. The molecule has 0 spiro atoms. The standard InChI is InChI=1S/C17H28BN7O6/c1-11(2)10-14(18(28)29)23-16(27)13(7-5-9-21-17(19)24-25(30)31)22-15(26)12-6-3-4-8-20-12/h3-4,6,8,11,13-14,28-29H,5,7,9-10H2,1-2H3,(H,22,26)(H,23,27)(H3,19,21,24)/t13-,14-/m0/s1. The number of hydrazine groups is 1. The number of rotatable bonds is 12. The Hall–Kier alpha value is -3.26. The molecule has 170 valence electrons. The number of nitrogens with zero attached hydrogens (tertiary/aromatic N) is 3. The number of hydrogen-bond acceptors (Lipinski definition) is 8. The number of amides is 2. The molecular formula is C17H28BN7O6. The van der Waals surface area contributed by atoms with E-state index in [1.165, 1.54) is 12.3 Å². The second kappa shape index (κ2) is 13.1. The largest absolute Gasteiger partial charge is 0.475 e. The van der Waals surface area contributed by atoms with Crippen molar-refractivity contribution in [2.75, 3.05) is 6.54 Å². The van der Waals surface area contributed by atoms with E-state index < -0.39 is 35.9 Å². The van der Waals surface area contributed by atoms with Crippen molar-refractivity contribution in [3.05, 3.63) is 40.2 Å². The van der Waals surface area contributed by atoms with E-state index in [-0.39, 0.29) is 37.0 Å². The zero-order chi connectivity index (χ0) is 23.4. The van der Waals surface area contributed by atoms with Gasteiger partial charge >= 0.3 is 7.12 Å². The SMILES string of the molecule is CC(C)C[C@H](NC(=O)[C@H](CCCN=C(N)N[N+](=O)[O-])NC(=O)c1ccccn1)B(O)O. The summed E-state index contributed by atoms with van der Waals surface area (Å²) < 4.78 is 0. The van der Waals surface area contributed by atoms with Crippen LogP contribution in [-0.4, -0.2) is 63.5 Å². The Morgan fingerprint density at radius 3 is 2.58 bits per heavy atom. The Morgan fingerprint density at radius 2 is 2.03 bits per heavy atom. The third-order valence-electron chi connectivity index (χ3n) is 4.07. The van der Waals surface area contributed by atoms with Crippen LogP contribution in [-0.2, 0) is 4.79 Å². The summed E-state index contributed by atoms with van der Waals surface area (Å²) in [6, 6.07) is 3.72. The molecule has 2 amide bonds. The average Bonchev–Trinajstić information content (AvgIpc) is 2.69. The fourth-order valence-corrected chi connectivity index (χ4v) is 2.67. The highest BCUT2D eigenvalue weighted by Gasteiger charge is 2.30. The zero-order valence-electron chi connectivity index (χ0n) is 17.4. The highest BCUT2D eigenvalue weighted by atomic mass is 16.7. The number of nitrogens with one attached hydrogen (secondary N) is 3. The van der Waals surface area contributed by atoms with Crippen molar-refractivity contribution in [3.8, 4) is 0 Å². The third kappa shape index (κ3) is 10.4. The molecule has 14 heteroatoms. The average molecular weight is 437 g/mol. The quantitative estimate of drug-likeness (QED) is 0.0567. The predicted molar refractivity (Wildman–Crippen MR) is 113 cm³/mol. The van der Waals surface area contributed by atoms with Crippen LogP contribution in [0.2, 0.25) is 0 Å². The normalized spacial score (nSPS) is 13.3. The van der Waals surface area contributed by atoms with Gasteiger partial charge in [-0.1, -0.05) is 25.3 Å². The summed E-state index contributed by atoms with van der Waals surface area (Å²) in [4.78, 5) is 43.2. The number of pyridine rings is 1. The molecule has 1 heterocycles. The number of carbonyl (C=O) groups is 2. The van der Waals surface area contributed by atoms with E-state index in [0.29, 0.717) is 6.42 Å². The zero-order valence-corrected chi connectivity index (χ0v) is 17.4. The van der Waals surface area contributed by atoms with Gasteiger partial charge in [0.05, 0.1) is 5.94 Å². The molecule has 0 fully saturated rings. The van der Waals surface area contributed by atoms with Crippen molar-refractivity contribution >= 4 is 24.9 Å². The van der Waals surface area contributed by atoms with Gasteiger partial charge in [-0.25, -0.2) is 15.1 Å². The number of carbonyl (C=O) groups excluding carboxylic acids is 2. The molecule has 1 aromatic heterocycles. The topological polar surface area (TPSA) is 205 Å². The maximum atomic E-state index is 12.7. The molecule has 0 radical (unpaired) electrons. The Labute approximate surface area is 179 Å². The number of guanidine groups is 1. The first-order chi connectivity index (χ1) is 14.6. The van der Waals surface area contributed by atoms with Gasteiger partial charge in [-0.05, 0) is 37.3 Å². The summed E-state index contributed by atoms with van der Waals surface area (Å²) >= 11 is 0. The molecule has 1 rings (SSSR count). The molecule has 0 bridgehead atoms. The minimum Gasteiger partial charge on any atom is -0.426 e. The van der Waals surface area contributed by atoms with E-state index in [9.17, 15) is 29.8 Å². The van der Waals surface area contributed by atoms with Gasteiger partial charge in [0.15, 0.2) is 5.03 Å². The van der Waals surface area contributed by atoms with Crippen LogP contribution in [0.4, 0.5) is 0 Å². The van der Waals surface area contributed by atoms with Gasteiger partial charge in [0.2, 0.25) is 5.91 Å².